The van der Waals surface area contributed by atoms with Crippen LogP contribution in [0.25, 0.3) is 0 Å². The maximum atomic E-state index is 12.1. The Kier molecular flexibility index (Phi) is 7.39. The molecule has 1 fully saturated rings. The van der Waals surface area contributed by atoms with Gasteiger partial charge in [-0.15, -0.1) is 0 Å². The van der Waals surface area contributed by atoms with Crippen LogP contribution >= 0.6 is 15.9 Å². The molecule has 146 valence electrons. The number of amides is 1. The van der Waals surface area contributed by atoms with Crippen molar-refractivity contribution < 1.29 is 14.3 Å². The summed E-state index contributed by atoms with van der Waals surface area (Å²) in [6.45, 7) is 12.3. The smallest absolute Gasteiger partial charge is 0.410 e. The van der Waals surface area contributed by atoms with E-state index in [1.54, 1.807) is 0 Å². The van der Waals surface area contributed by atoms with E-state index >= 15 is 0 Å². The summed E-state index contributed by atoms with van der Waals surface area (Å²) in [4.78, 5) is 14.0. The minimum atomic E-state index is -0.425. The molecule has 0 N–H and O–H groups in total. The number of aryl methyl sites for hydroxylation is 1. The zero-order valence-corrected chi connectivity index (χ0v) is 18.3. The minimum absolute atomic E-state index is 0.182. The molecule has 0 aromatic heterocycles. The Hall–Kier alpha value is -1.23. The molecule has 1 heterocycles. The van der Waals surface area contributed by atoms with Gasteiger partial charge in [0.1, 0.15) is 11.4 Å². The number of carbonyl (C=O) groups excluding carboxylic acids is 1. The summed E-state index contributed by atoms with van der Waals surface area (Å²) < 4.78 is 12.5. The largest absolute Gasteiger partial charge is 0.493 e. The van der Waals surface area contributed by atoms with Crippen LogP contribution < -0.4 is 4.74 Å². The average molecular weight is 426 g/mol. The summed E-state index contributed by atoms with van der Waals surface area (Å²) in [7, 11) is 0. The molecular formula is C21H32BrNO3. The van der Waals surface area contributed by atoms with Crippen molar-refractivity contribution in [3.63, 3.8) is 0 Å². The molecule has 2 rings (SSSR count). The topological polar surface area (TPSA) is 38.8 Å². The van der Waals surface area contributed by atoms with E-state index < -0.39 is 5.60 Å². The maximum Gasteiger partial charge on any atom is 0.410 e. The standard InChI is InChI=1S/C21H32BrNO3/c1-15(14-25-18-6-7-19(22)16(2)13-18)12-17-8-10-23(11-9-17)20(24)26-21(3,4)5/h6-7,13,15,17H,8-12,14H2,1-5H3/t15-/m1/s1. The molecule has 1 aliphatic rings. The lowest BCUT2D eigenvalue weighted by molar-refractivity contribution is 0.0173. The van der Waals surface area contributed by atoms with Crippen LogP contribution in [0.3, 0.4) is 0 Å². The van der Waals surface area contributed by atoms with Crippen LogP contribution in [-0.4, -0.2) is 36.3 Å². The zero-order chi connectivity index (χ0) is 19.3. The molecule has 5 heteroatoms. The molecule has 1 amide bonds. The number of carbonyl (C=O) groups is 1. The minimum Gasteiger partial charge on any atom is -0.493 e. The summed E-state index contributed by atoms with van der Waals surface area (Å²) in [6.07, 6.45) is 3.04. The molecule has 4 nitrogen and oxygen atoms in total. The quantitative estimate of drug-likeness (QED) is 0.597. The molecule has 1 aliphatic heterocycles. The van der Waals surface area contributed by atoms with Crippen molar-refractivity contribution >= 4 is 22.0 Å². The van der Waals surface area contributed by atoms with Gasteiger partial charge < -0.3 is 14.4 Å². The Balaban J connectivity index is 1.71. The number of nitrogens with zero attached hydrogens (tertiary/aromatic N) is 1. The molecule has 26 heavy (non-hydrogen) atoms. The molecule has 1 aromatic rings. The van der Waals surface area contributed by atoms with E-state index in [0.29, 0.717) is 11.8 Å². The highest BCUT2D eigenvalue weighted by Crippen LogP contribution is 2.27. The van der Waals surface area contributed by atoms with Gasteiger partial charge in [0.25, 0.3) is 0 Å². The first-order valence-corrected chi connectivity index (χ1v) is 10.3. The first-order valence-electron chi connectivity index (χ1n) is 9.51. The normalized spacial score (nSPS) is 17.1. The number of rotatable bonds is 5. The lowest BCUT2D eigenvalue weighted by Crippen LogP contribution is -2.42. The van der Waals surface area contributed by atoms with E-state index in [2.05, 4.69) is 35.8 Å². The average Bonchev–Trinajstić information content (AvgIpc) is 2.55. The Morgan fingerprint density at radius 2 is 1.96 bits per heavy atom. The molecule has 1 aromatic carbocycles. The first kappa shape index (κ1) is 21.1. The summed E-state index contributed by atoms with van der Waals surface area (Å²) in [5, 5.41) is 0. The van der Waals surface area contributed by atoms with Crippen molar-refractivity contribution in [2.45, 2.75) is 59.5 Å². The predicted octanol–water partition coefficient (Wildman–Crippen LogP) is 5.81. The van der Waals surface area contributed by atoms with Crippen LogP contribution in [0, 0.1) is 18.8 Å². The van der Waals surface area contributed by atoms with Crippen LogP contribution in [0.2, 0.25) is 0 Å². The third-order valence-corrected chi connectivity index (χ3v) is 5.56. The predicted molar refractivity (Wildman–Crippen MR) is 109 cm³/mol. The Bertz CT molecular complexity index is 604. The molecule has 0 unspecified atom stereocenters. The van der Waals surface area contributed by atoms with Crippen LogP contribution in [-0.2, 0) is 4.74 Å². The molecule has 1 atom stereocenters. The zero-order valence-electron chi connectivity index (χ0n) is 16.7. The Labute approximate surface area is 166 Å². The molecule has 0 bridgehead atoms. The van der Waals surface area contributed by atoms with Gasteiger partial charge in [-0.25, -0.2) is 4.79 Å². The van der Waals surface area contributed by atoms with Crippen molar-refractivity contribution in [2.24, 2.45) is 11.8 Å². The number of likely N-dealkylation sites (tertiary alicyclic amines) is 1. The van der Waals surface area contributed by atoms with Gasteiger partial charge in [0.15, 0.2) is 0 Å². The van der Waals surface area contributed by atoms with Crippen molar-refractivity contribution in [1.29, 1.82) is 0 Å². The molecule has 0 radical (unpaired) electrons. The molecule has 0 spiro atoms. The van der Waals surface area contributed by atoms with E-state index in [1.165, 1.54) is 5.56 Å². The lowest BCUT2D eigenvalue weighted by atomic mass is 9.88. The van der Waals surface area contributed by atoms with Crippen molar-refractivity contribution in [2.75, 3.05) is 19.7 Å². The fraction of sp³-hybridized carbons (Fsp3) is 0.667. The van der Waals surface area contributed by atoms with Gasteiger partial charge in [-0.1, -0.05) is 22.9 Å². The van der Waals surface area contributed by atoms with Crippen LogP contribution in [0.4, 0.5) is 4.79 Å². The van der Waals surface area contributed by atoms with E-state index in [0.717, 1.165) is 49.2 Å². The Morgan fingerprint density at radius 1 is 1.31 bits per heavy atom. The fourth-order valence-corrected chi connectivity index (χ4v) is 3.51. The van der Waals surface area contributed by atoms with Gasteiger partial charge in [0.2, 0.25) is 0 Å². The third kappa shape index (κ3) is 6.82. The van der Waals surface area contributed by atoms with Crippen LogP contribution in [0.1, 0.15) is 52.5 Å². The summed E-state index contributed by atoms with van der Waals surface area (Å²) in [6, 6.07) is 6.10. The van der Waals surface area contributed by atoms with Crippen molar-refractivity contribution in [1.82, 2.24) is 4.90 Å². The van der Waals surface area contributed by atoms with Crippen LogP contribution in [0.5, 0.6) is 5.75 Å². The van der Waals surface area contributed by atoms with Gasteiger partial charge in [-0.05, 0) is 82.6 Å². The second-order valence-corrected chi connectivity index (χ2v) is 9.33. The van der Waals surface area contributed by atoms with Crippen LogP contribution in [0.15, 0.2) is 22.7 Å². The van der Waals surface area contributed by atoms with E-state index in [1.807, 2.05) is 37.8 Å². The number of halogens is 1. The van der Waals surface area contributed by atoms with Gasteiger partial charge in [-0.3, -0.25) is 0 Å². The fourth-order valence-electron chi connectivity index (χ4n) is 3.26. The van der Waals surface area contributed by atoms with E-state index in [9.17, 15) is 4.79 Å². The van der Waals surface area contributed by atoms with Gasteiger partial charge in [0.05, 0.1) is 6.61 Å². The molecule has 0 saturated carbocycles. The summed E-state index contributed by atoms with van der Waals surface area (Å²) >= 11 is 3.51. The maximum absolute atomic E-state index is 12.1. The number of hydrogen-bond donors (Lipinski definition) is 0. The van der Waals surface area contributed by atoms with Crippen molar-refractivity contribution in [3.8, 4) is 5.75 Å². The SMILES string of the molecule is Cc1cc(OC[C@H](C)CC2CCN(C(=O)OC(C)(C)C)CC2)ccc1Br. The highest BCUT2D eigenvalue weighted by molar-refractivity contribution is 9.10. The van der Waals surface area contributed by atoms with E-state index in [4.69, 9.17) is 9.47 Å². The summed E-state index contributed by atoms with van der Waals surface area (Å²) in [5.74, 6) is 2.08. The number of ether oxygens (including phenoxy) is 2. The summed E-state index contributed by atoms with van der Waals surface area (Å²) in [5.41, 5.74) is 0.759. The molecule has 0 aliphatic carbocycles. The van der Waals surface area contributed by atoms with Crippen molar-refractivity contribution in [3.05, 3.63) is 28.2 Å². The first-order chi connectivity index (χ1) is 12.1. The highest BCUT2D eigenvalue weighted by atomic mass is 79.9. The second kappa shape index (κ2) is 9.12. The second-order valence-electron chi connectivity index (χ2n) is 8.47. The highest BCUT2D eigenvalue weighted by Gasteiger charge is 2.27. The van der Waals surface area contributed by atoms with Gasteiger partial charge in [0, 0.05) is 17.6 Å². The van der Waals surface area contributed by atoms with Gasteiger partial charge >= 0.3 is 6.09 Å². The molecular weight excluding hydrogens is 394 g/mol. The number of hydrogen-bond acceptors (Lipinski definition) is 3. The number of benzene rings is 1. The lowest BCUT2D eigenvalue weighted by Gasteiger charge is -2.34. The Morgan fingerprint density at radius 3 is 2.54 bits per heavy atom. The van der Waals surface area contributed by atoms with E-state index in [-0.39, 0.29) is 6.09 Å². The monoisotopic (exact) mass is 425 g/mol. The third-order valence-electron chi connectivity index (χ3n) is 4.67. The van der Waals surface area contributed by atoms with Gasteiger partial charge in [-0.2, -0.15) is 0 Å². The number of piperidine rings is 1. The molecule has 1 saturated heterocycles.